The molecule has 0 aromatic rings. The summed E-state index contributed by atoms with van der Waals surface area (Å²) in [7, 11) is -6.47. The van der Waals surface area contributed by atoms with Crippen LogP contribution in [-0.4, -0.2) is 5.34 Å². The SMILES string of the molecule is ClCCl.O=[P+]([O-])O[P+](=O)[O-].[Pd+2]. The second kappa shape index (κ2) is 13.9. The first-order valence-corrected chi connectivity index (χ1v) is 4.89. The molecule has 0 saturated carbocycles. The topological polar surface area (TPSA) is 89.5 Å². The molecule has 0 fully saturated rings. The summed E-state index contributed by atoms with van der Waals surface area (Å²) in [5, 5.41) is 0.194. The van der Waals surface area contributed by atoms with E-state index >= 15 is 0 Å². The number of alkyl halides is 2. The van der Waals surface area contributed by atoms with Gasteiger partial charge in [0.2, 0.25) is 0 Å². The maximum Gasteiger partial charge on any atom is 2.00 e. The van der Waals surface area contributed by atoms with E-state index in [-0.39, 0.29) is 25.8 Å². The molecular formula is CH2Cl2O5P2Pd+2. The van der Waals surface area contributed by atoms with Crippen LogP contribution in [0.15, 0.2) is 0 Å². The van der Waals surface area contributed by atoms with Crippen LogP contribution in [0.2, 0.25) is 0 Å². The average molecular weight is 333 g/mol. The zero-order valence-corrected chi connectivity index (χ0v) is 9.57. The molecule has 0 bridgehead atoms. The maximum atomic E-state index is 9.24. The molecule has 0 saturated heterocycles. The van der Waals surface area contributed by atoms with Crippen LogP contribution in [0.3, 0.4) is 0 Å². The van der Waals surface area contributed by atoms with Crippen LogP contribution < -0.4 is 9.79 Å². The standard InChI is InChI=1S/CH2Cl2.O5P2.Pd/c2-1-3;1-6(2)5-7(3)4;/h1H2;;/q;;+2. The molecule has 0 radical (unpaired) electrons. The molecular weight excluding hydrogens is 331 g/mol. The van der Waals surface area contributed by atoms with Gasteiger partial charge < -0.3 is 9.79 Å². The Morgan fingerprint density at radius 3 is 1.36 bits per heavy atom. The number of hydrogen-bond donors (Lipinski definition) is 0. The Balaban J connectivity index is -0.000000140. The van der Waals surface area contributed by atoms with Crippen LogP contribution >= 0.6 is 39.7 Å². The van der Waals surface area contributed by atoms with Crippen molar-refractivity contribution in [3.8, 4) is 0 Å². The molecule has 0 amide bonds. The van der Waals surface area contributed by atoms with E-state index < -0.39 is 16.5 Å². The fourth-order valence-corrected chi connectivity index (χ4v) is 0.490. The van der Waals surface area contributed by atoms with Gasteiger partial charge in [0.25, 0.3) is 0 Å². The minimum absolute atomic E-state index is 0. The summed E-state index contributed by atoms with van der Waals surface area (Å²) in [5.41, 5.74) is 0. The smallest absolute Gasteiger partial charge is 0.563 e. The normalized spacial score (nSPS) is 10.2. The quantitative estimate of drug-likeness (QED) is 0.416. The van der Waals surface area contributed by atoms with Gasteiger partial charge in [-0.25, -0.2) is 0 Å². The summed E-state index contributed by atoms with van der Waals surface area (Å²) in [6.07, 6.45) is 0. The fourth-order valence-electron chi connectivity index (χ4n) is 0.0544. The Morgan fingerprint density at radius 2 is 1.36 bits per heavy atom. The van der Waals surface area contributed by atoms with E-state index in [0.717, 1.165) is 0 Å². The van der Waals surface area contributed by atoms with Gasteiger partial charge in [0, 0.05) is 0 Å². The van der Waals surface area contributed by atoms with E-state index in [1.165, 1.54) is 0 Å². The molecule has 2 unspecified atom stereocenters. The van der Waals surface area contributed by atoms with Gasteiger partial charge in [0.1, 0.15) is 4.31 Å². The molecule has 0 aliphatic heterocycles. The Hall–Kier alpha value is 1.32. The summed E-state index contributed by atoms with van der Waals surface area (Å²) in [5.74, 6) is 0. The van der Waals surface area contributed by atoms with E-state index in [1.54, 1.807) is 0 Å². The van der Waals surface area contributed by atoms with Crippen LogP contribution in [0, 0.1) is 0 Å². The second-order valence-electron chi connectivity index (χ2n) is 0.630. The largest absolute Gasteiger partial charge is 2.00 e. The minimum Gasteiger partial charge on any atom is -0.563 e. The Labute approximate surface area is 88.6 Å². The summed E-state index contributed by atoms with van der Waals surface area (Å²) < 4.78 is 21.6. The van der Waals surface area contributed by atoms with Crippen molar-refractivity contribution in [3.05, 3.63) is 0 Å². The summed E-state index contributed by atoms with van der Waals surface area (Å²) in [6, 6.07) is 0. The van der Waals surface area contributed by atoms with Crippen molar-refractivity contribution in [2.45, 2.75) is 0 Å². The summed E-state index contributed by atoms with van der Waals surface area (Å²) >= 11 is 9.53. The third-order valence-electron chi connectivity index (χ3n) is 0.133. The Bertz CT molecular complexity index is 109. The van der Waals surface area contributed by atoms with E-state index in [2.05, 4.69) is 4.31 Å². The Morgan fingerprint density at radius 1 is 1.18 bits per heavy atom. The molecule has 0 aliphatic carbocycles. The van der Waals surface area contributed by atoms with E-state index in [4.69, 9.17) is 23.2 Å². The molecule has 0 aliphatic rings. The first kappa shape index (κ1) is 18.2. The number of hydrogen-bond acceptors (Lipinski definition) is 5. The van der Waals surface area contributed by atoms with Crippen LogP contribution in [0.4, 0.5) is 0 Å². The van der Waals surface area contributed by atoms with Gasteiger partial charge in [-0.1, -0.05) is 0 Å². The predicted octanol–water partition coefficient (Wildman–Crippen LogP) is 0.457. The van der Waals surface area contributed by atoms with E-state index in [9.17, 15) is 18.9 Å². The van der Waals surface area contributed by atoms with Gasteiger partial charge in [-0.3, -0.25) is 0 Å². The van der Waals surface area contributed by atoms with Crippen LogP contribution in [0.5, 0.6) is 0 Å². The molecule has 0 aromatic heterocycles. The van der Waals surface area contributed by atoms with Crippen LogP contribution in [0.25, 0.3) is 0 Å². The third kappa shape index (κ3) is 34.7. The van der Waals surface area contributed by atoms with Gasteiger partial charge in [0.15, 0.2) is 0 Å². The van der Waals surface area contributed by atoms with Crippen molar-refractivity contribution in [2.24, 2.45) is 0 Å². The summed E-state index contributed by atoms with van der Waals surface area (Å²) in [6.45, 7) is 0. The van der Waals surface area contributed by atoms with E-state index in [0.29, 0.717) is 0 Å². The van der Waals surface area contributed by atoms with Gasteiger partial charge in [-0.15, -0.1) is 23.2 Å². The molecule has 10 heteroatoms. The van der Waals surface area contributed by atoms with Crippen molar-refractivity contribution in [2.75, 3.05) is 5.34 Å². The zero-order chi connectivity index (χ0) is 8.57. The summed E-state index contributed by atoms with van der Waals surface area (Å²) in [4.78, 5) is 18.5. The van der Waals surface area contributed by atoms with E-state index in [1.807, 2.05) is 0 Å². The monoisotopic (exact) mass is 332 g/mol. The average Bonchev–Trinajstić information content (AvgIpc) is 1.62. The molecule has 0 rings (SSSR count). The van der Waals surface area contributed by atoms with Gasteiger partial charge in [0.05, 0.1) is 5.34 Å². The first-order valence-electron chi connectivity index (χ1n) is 1.63. The maximum absolute atomic E-state index is 9.24. The molecule has 68 valence electrons. The molecule has 0 spiro atoms. The zero-order valence-electron chi connectivity index (χ0n) is 4.71. The molecule has 2 atom stereocenters. The molecule has 5 nitrogen and oxygen atoms in total. The predicted molar refractivity (Wildman–Crippen MR) is 32.9 cm³/mol. The second-order valence-corrected chi connectivity index (χ2v) is 2.99. The van der Waals surface area contributed by atoms with Crippen molar-refractivity contribution in [3.63, 3.8) is 0 Å². The van der Waals surface area contributed by atoms with Crippen LogP contribution in [-0.2, 0) is 33.9 Å². The van der Waals surface area contributed by atoms with Gasteiger partial charge >= 0.3 is 36.9 Å². The third-order valence-corrected chi connectivity index (χ3v) is 1.20. The van der Waals surface area contributed by atoms with Crippen LogP contribution in [0.1, 0.15) is 0 Å². The number of rotatable bonds is 2. The van der Waals surface area contributed by atoms with Gasteiger partial charge in [-0.05, 0) is 9.13 Å². The number of halogens is 2. The van der Waals surface area contributed by atoms with Crippen molar-refractivity contribution in [1.82, 2.24) is 0 Å². The van der Waals surface area contributed by atoms with Crippen molar-refractivity contribution in [1.29, 1.82) is 0 Å². The van der Waals surface area contributed by atoms with Crippen molar-refractivity contribution < 1.29 is 43.7 Å². The molecule has 0 aromatic carbocycles. The van der Waals surface area contributed by atoms with Crippen molar-refractivity contribution >= 4 is 39.7 Å². The minimum atomic E-state index is -3.24. The molecule has 11 heavy (non-hydrogen) atoms. The fraction of sp³-hybridized carbons (Fsp3) is 1.00. The first-order chi connectivity index (χ1) is 4.54. The Kier molecular flexibility index (Phi) is 22.9. The van der Waals surface area contributed by atoms with Gasteiger partial charge in [-0.2, -0.15) is 0 Å². The molecule has 0 heterocycles. The molecule has 0 N–H and O–H groups in total.